The molecule has 118 valence electrons. The average molecular weight is 310 g/mol. The zero-order valence-corrected chi connectivity index (χ0v) is 13.7. The van der Waals surface area contributed by atoms with Gasteiger partial charge in [0.15, 0.2) is 5.82 Å². The van der Waals surface area contributed by atoms with Gasteiger partial charge in [-0.1, -0.05) is 38.5 Å². The number of hydrogen-bond donors (Lipinski definition) is 0. The quantitative estimate of drug-likeness (QED) is 0.577. The summed E-state index contributed by atoms with van der Waals surface area (Å²) in [6, 6.07) is 10.8. The number of pyridine rings is 1. The van der Waals surface area contributed by atoms with Gasteiger partial charge in [-0.2, -0.15) is 0 Å². The van der Waals surface area contributed by atoms with Crippen LogP contribution in [0.4, 0.5) is 15.9 Å². The number of halogens is 1. The fourth-order valence-corrected chi connectivity index (χ4v) is 2.32. The van der Waals surface area contributed by atoms with E-state index in [4.69, 9.17) is 0 Å². The molecular formula is C18H19FN4. The zero-order valence-electron chi connectivity index (χ0n) is 13.7. The van der Waals surface area contributed by atoms with E-state index in [-0.39, 0.29) is 11.2 Å². The maximum atomic E-state index is 13.6. The van der Waals surface area contributed by atoms with Crippen molar-refractivity contribution in [1.82, 2.24) is 9.38 Å². The predicted molar refractivity (Wildman–Crippen MR) is 89.2 cm³/mol. The van der Waals surface area contributed by atoms with Gasteiger partial charge in [-0.25, -0.2) is 9.37 Å². The lowest BCUT2D eigenvalue weighted by Crippen LogP contribution is -2.11. The molecule has 0 spiro atoms. The Kier molecular flexibility index (Phi) is 3.72. The van der Waals surface area contributed by atoms with E-state index in [1.165, 1.54) is 12.3 Å². The first-order valence-electron chi connectivity index (χ1n) is 7.51. The Morgan fingerprint density at radius 1 is 1.00 bits per heavy atom. The van der Waals surface area contributed by atoms with Gasteiger partial charge in [0.2, 0.25) is 0 Å². The van der Waals surface area contributed by atoms with Crippen molar-refractivity contribution in [2.75, 3.05) is 0 Å². The number of hydrogen-bond acceptors (Lipinski definition) is 3. The van der Waals surface area contributed by atoms with Crippen molar-refractivity contribution in [1.29, 1.82) is 0 Å². The monoisotopic (exact) mass is 310 g/mol. The minimum absolute atomic E-state index is 0.218. The number of azo groups is 1. The van der Waals surface area contributed by atoms with Gasteiger partial charge in [0.1, 0.15) is 11.5 Å². The van der Waals surface area contributed by atoms with Crippen LogP contribution in [0.3, 0.4) is 0 Å². The molecule has 0 radical (unpaired) electrons. The van der Waals surface area contributed by atoms with E-state index in [1.54, 1.807) is 10.5 Å². The molecule has 4 nitrogen and oxygen atoms in total. The lowest BCUT2D eigenvalue weighted by atomic mass is 9.92. The van der Waals surface area contributed by atoms with Crippen LogP contribution in [0, 0.1) is 12.7 Å². The Bertz CT molecular complexity index is 870. The van der Waals surface area contributed by atoms with E-state index >= 15 is 0 Å². The third kappa shape index (κ3) is 3.13. The Morgan fingerprint density at radius 3 is 2.35 bits per heavy atom. The van der Waals surface area contributed by atoms with Crippen molar-refractivity contribution < 1.29 is 4.39 Å². The molecule has 0 aliphatic heterocycles. The fourth-order valence-electron chi connectivity index (χ4n) is 2.32. The maximum absolute atomic E-state index is 13.6. The van der Waals surface area contributed by atoms with Crippen molar-refractivity contribution in [2.45, 2.75) is 33.1 Å². The van der Waals surface area contributed by atoms with Gasteiger partial charge in [-0.05, 0) is 31.2 Å². The summed E-state index contributed by atoms with van der Waals surface area (Å²) in [4.78, 5) is 4.59. The molecule has 23 heavy (non-hydrogen) atoms. The molecule has 0 bridgehead atoms. The van der Waals surface area contributed by atoms with Gasteiger partial charge in [0, 0.05) is 11.6 Å². The molecule has 0 atom stereocenters. The summed E-state index contributed by atoms with van der Waals surface area (Å²) in [5, 5.41) is 8.65. The first kappa shape index (κ1) is 15.3. The van der Waals surface area contributed by atoms with Crippen LogP contribution < -0.4 is 0 Å². The van der Waals surface area contributed by atoms with Crippen molar-refractivity contribution in [3.8, 4) is 0 Å². The summed E-state index contributed by atoms with van der Waals surface area (Å²) >= 11 is 0. The molecule has 0 N–H and O–H groups in total. The van der Waals surface area contributed by atoms with E-state index in [0.29, 0.717) is 11.5 Å². The van der Waals surface area contributed by atoms with Crippen molar-refractivity contribution in [2.24, 2.45) is 10.2 Å². The number of benzene rings is 1. The number of aromatic nitrogens is 2. The SMILES string of the molecule is Cc1ccc(N=Nc2c(C(C)(C)C)nc3ccc(F)cn23)cc1. The summed E-state index contributed by atoms with van der Waals surface area (Å²) in [6.07, 6.45) is 1.39. The van der Waals surface area contributed by atoms with Gasteiger partial charge >= 0.3 is 0 Å². The second-order valence-electron chi connectivity index (χ2n) is 6.65. The van der Waals surface area contributed by atoms with Crippen molar-refractivity contribution in [3.63, 3.8) is 0 Å². The molecule has 2 heterocycles. The Morgan fingerprint density at radius 2 is 1.70 bits per heavy atom. The van der Waals surface area contributed by atoms with Gasteiger partial charge in [0.05, 0.1) is 11.4 Å². The van der Waals surface area contributed by atoms with Crippen LogP contribution in [0.2, 0.25) is 0 Å². The van der Waals surface area contributed by atoms with Crippen LogP contribution in [0.1, 0.15) is 32.0 Å². The summed E-state index contributed by atoms with van der Waals surface area (Å²) < 4.78 is 15.3. The number of imidazole rings is 1. The van der Waals surface area contributed by atoms with E-state index in [2.05, 4.69) is 36.0 Å². The van der Waals surface area contributed by atoms with Crippen molar-refractivity contribution >= 4 is 17.2 Å². The standard InChI is InChI=1S/C18H19FN4/c1-12-5-8-14(9-6-12)21-22-17-16(18(2,3)4)20-15-10-7-13(19)11-23(15)17/h5-11H,1-4H3. The van der Waals surface area contributed by atoms with Crippen LogP contribution in [0.25, 0.3) is 5.65 Å². The molecule has 2 aromatic heterocycles. The van der Waals surface area contributed by atoms with Crippen LogP contribution in [0.5, 0.6) is 0 Å². The molecule has 0 aliphatic rings. The van der Waals surface area contributed by atoms with E-state index < -0.39 is 0 Å². The summed E-state index contributed by atoms with van der Waals surface area (Å²) in [5.41, 5.74) is 3.15. The molecule has 5 heteroatoms. The number of aryl methyl sites for hydroxylation is 1. The lowest BCUT2D eigenvalue weighted by Gasteiger charge is -2.15. The second-order valence-corrected chi connectivity index (χ2v) is 6.65. The summed E-state index contributed by atoms with van der Waals surface area (Å²) in [6.45, 7) is 8.17. The first-order chi connectivity index (χ1) is 10.8. The van der Waals surface area contributed by atoms with Gasteiger partial charge < -0.3 is 0 Å². The maximum Gasteiger partial charge on any atom is 0.183 e. The Balaban J connectivity index is 2.14. The largest absolute Gasteiger partial charge is 0.280 e. The Hall–Kier alpha value is -2.56. The normalized spacial score (nSPS) is 12.4. The highest BCUT2D eigenvalue weighted by Gasteiger charge is 2.24. The molecule has 0 saturated heterocycles. The minimum atomic E-state index is -0.331. The molecular weight excluding hydrogens is 291 g/mol. The lowest BCUT2D eigenvalue weighted by molar-refractivity contribution is 0.573. The summed E-state index contributed by atoms with van der Waals surface area (Å²) in [5.74, 6) is 0.231. The average Bonchev–Trinajstić information content (AvgIpc) is 2.85. The first-order valence-corrected chi connectivity index (χ1v) is 7.51. The van der Waals surface area contributed by atoms with Crippen LogP contribution in [-0.2, 0) is 5.41 Å². The number of fused-ring (bicyclic) bond motifs is 1. The van der Waals surface area contributed by atoms with E-state index in [0.717, 1.165) is 16.9 Å². The molecule has 3 rings (SSSR count). The molecule has 1 aromatic carbocycles. The van der Waals surface area contributed by atoms with E-state index in [1.807, 2.05) is 31.2 Å². The second kappa shape index (κ2) is 5.57. The fraction of sp³-hybridized carbons (Fsp3) is 0.278. The third-order valence-electron chi connectivity index (χ3n) is 3.56. The van der Waals surface area contributed by atoms with E-state index in [9.17, 15) is 4.39 Å². The summed E-state index contributed by atoms with van der Waals surface area (Å²) in [7, 11) is 0. The highest BCUT2D eigenvalue weighted by atomic mass is 19.1. The number of rotatable bonds is 2. The Labute approximate surface area is 134 Å². The zero-order chi connectivity index (χ0) is 16.6. The van der Waals surface area contributed by atoms with Crippen LogP contribution >= 0.6 is 0 Å². The van der Waals surface area contributed by atoms with Gasteiger partial charge in [-0.15, -0.1) is 10.2 Å². The molecule has 0 unspecified atom stereocenters. The number of nitrogens with zero attached hydrogens (tertiary/aromatic N) is 4. The minimum Gasteiger partial charge on any atom is -0.280 e. The topological polar surface area (TPSA) is 42.0 Å². The molecule has 0 amide bonds. The van der Waals surface area contributed by atoms with Crippen molar-refractivity contribution in [3.05, 3.63) is 59.7 Å². The van der Waals surface area contributed by atoms with Gasteiger partial charge in [-0.3, -0.25) is 4.40 Å². The predicted octanol–water partition coefficient (Wildman–Crippen LogP) is 5.49. The molecule has 0 fully saturated rings. The molecule has 0 aliphatic carbocycles. The highest BCUT2D eigenvalue weighted by molar-refractivity contribution is 5.54. The smallest absolute Gasteiger partial charge is 0.183 e. The van der Waals surface area contributed by atoms with Crippen LogP contribution in [0.15, 0.2) is 52.8 Å². The molecule has 0 saturated carbocycles. The molecule has 3 aromatic rings. The van der Waals surface area contributed by atoms with Gasteiger partial charge in [0.25, 0.3) is 0 Å². The highest BCUT2D eigenvalue weighted by Crippen LogP contribution is 2.33. The van der Waals surface area contributed by atoms with Crippen LogP contribution in [-0.4, -0.2) is 9.38 Å². The third-order valence-corrected chi connectivity index (χ3v) is 3.56.